The first kappa shape index (κ1) is 13.9. The largest absolute Gasteiger partial charge is 0.465 e. The van der Waals surface area contributed by atoms with Gasteiger partial charge in [-0.2, -0.15) is 4.72 Å². The predicted octanol–water partition coefficient (Wildman–Crippen LogP) is -0.414. The van der Waals surface area contributed by atoms with E-state index in [-0.39, 0.29) is 16.5 Å². The van der Waals surface area contributed by atoms with E-state index in [1.807, 2.05) is 0 Å². The van der Waals surface area contributed by atoms with Crippen molar-refractivity contribution in [3.05, 3.63) is 15.4 Å². The highest BCUT2D eigenvalue weighted by Gasteiger charge is 2.21. The zero-order valence-corrected chi connectivity index (χ0v) is 10.9. The average molecular weight is 280 g/mol. The van der Waals surface area contributed by atoms with Crippen LogP contribution in [0.15, 0.2) is 9.00 Å². The summed E-state index contributed by atoms with van der Waals surface area (Å²) in [7, 11) is -3.85. The van der Waals surface area contributed by atoms with Gasteiger partial charge in [0, 0.05) is 5.69 Å². The minimum Gasteiger partial charge on any atom is -0.465 e. The number of aromatic amines is 1. The number of hydrogen-bond donors (Lipinski definition) is 2. The van der Waals surface area contributed by atoms with Crippen LogP contribution < -0.4 is 9.60 Å². The SMILES string of the molecule is CCOC(=O)CNS(=O)(=O)c1sc(=O)[nH]c1C. The van der Waals surface area contributed by atoms with Crippen molar-refractivity contribution in [1.29, 1.82) is 0 Å². The third-order valence-electron chi connectivity index (χ3n) is 1.74. The number of ether oxygens (including phenoxy) is 1. The number of carbonyl (C=O) groups is 1. The number of aryl methyl sites for hydroxylation is 1. The molecule has 17 heavy (non-hydrogen) atoms. The number of rotatable bonds is 5. The molecule has 0 aliphatic rings. The van der Waals surface area contributed by atoms with E-state index in [0.29, 0.717) is 11.3 Å². The lowest BCUT2D eigenvalue weighted by molar-refractivity contribution is -0.141. The Hall–Kier alpha value is -1.19. The molecule has 1 aromatic rings. The lowest BCUT2D eigenvalue weighted by Crippen LogP contribution is -2.30. The van der Waals surface area contributed by atoms with Crippen LogP contribution in [0, 0.1) is 6.92 Å². The van der Waals surface area contributed by atoms with Crippen molar-refractivity contribution in [1.82, 2.24) is 9.71 Å². The van der Waals surface area contributed by atoms with E-state index >= 15 is 0 Å². The topological polar surface area (TPSA) is 105 Å². The first-order valence-corrected chi connectivity index (χ1v) is 7.01. The van der Waals surface area contributed by atoms with Crippen molar-refractivity contribution in [2.75, 3.05) is 13.2 Å². The van der Waals surface area contributed by atoms with Crippen LogP contribution in [-0.4, -0.2) is 32.5 Å². The molecule has 7 nitrogen and oxygen atoms in total. The van der Waals surface area contributed by atoms with Gasteiger partial charge in [0.15, 0.2) is 4.21 Å². The fourth-order valence-electron chi connectivity index (χ4n) is 1.08. The van der Waals surface area contributed by atoms with E-state index in [9.17, 15) is 18.0 Å². The number of H-pyrrole nitrogens is 1. The summed E-state index contributed by atoms with van der Waals surface area (Å²) < 4.78 is 29.9. The van der Waals surface area contributed by atoms with Gasteiger partial charge < -0.3 is 9.72 Å². The lowest BCUT2D eigenvalue weighted by atomic mass is 10.6. The first-order valence-electron chi connectivity index (χ1n) is 4.72. The Labute approximate surface area is 102 Å². The summed E-state index contributed by atoms with van der Waals surface area (Å²) in [5.74, 6) is -0.670. The maximum absolute atomic E-state index is 11.7. The van der Waals surface area contributed by atoms with Gasteiger partial charge in [0.05, 0.1) is 6.61 Å². The Morgan fingerprint density at radius 3 is 2.65 bits per heavy atom. The zero-order valence-electron chi connectivity index (χ0n) is 9.27. The molecule has 2 N–H and O–H groups in total. The van der Waals surface area contributed by atoms with Crippen LogP contribution in [0.2, 0.25) is 0 Å². The number of thiazole rings is 1. The zero-order chi connectivity index (χ0) is 13.1. The summed E-state index contributed by atoms with van der Waals surface area (Å²) in [6.07, 6.45) is 0. The molecular formula is C8H12N2O5S2. The average Bonchev–Trinajstić information content (AvgIpc) is 2.56. The van der Waals surface area contributed by atoms with Gasteiger partial charge in [0.1, 0.15) is 6.54 Å². The molecule has 0 radical (unpaired) electrons. The van der Waals surface area contributed by atoms with Gasteiger partial charge in [-0.05, 0) is 13.8 Å². The lowest BCUT2D eigenvalue weighted by Gasteiger charge is -2.04. The molecule has 0 atom stereocenters. The van der Waals surface area contributed by atoms with Crippen molar-refractivity contribution in [3.63, 3.8) is 0 Å². The number of sulfonamides is 1. The molecule has 1 rings (SSSR count). The summed E-state index contributed by atoms with van der Waals surface area (Å²) in [6.45, 7) is 2.81. The van der Waals surface area contributed by atoms with E-state index in [1.165, 1.54) is 6.92 Å². The van der Waals surface area contributed by atoms with Gasteiger partial charge in [-0.3, -0.25) is 9.59 Å². The van der Waals surface area contributed by atoms with Gasteiger partial charge >= 0.3 is 10.8 Å². The maximum Gasteiger partial charge on any atom is 0.321 e. The Morgan fingerprint density at radius 1 is 1.53 bits per heavy atom. The molecule has 0 bridgehead atoms. The predicted molar refractivity (Wildman–Crippen MR) is 61.5 cm³/mol. The molecule has 0 saturated carbocycles. The second kappa shape index (κ2) is 5.43. The molecule has 0 saturated heterocycles. The Kier molecular flexibility index (Phi) is 4.43. The quantitative estimate of drug-likeness (QED) is 0.713. The van der Waals surface area contributed by atoms with Crippen LogP contribution in [0.5, 0.6) is 0 Å². The summed E-state index contributed by atoms with van der Waals surface area (Å²) in [6, 6.07) is 0. The van der Waals surface area contributed by atoms with Crippen molar-refractivity contribution < 1.29 is 17.9 Å². The van der Waals surface area contributed by atoms with Gasteiger partial charge in [-0.1, -0.05) is 11.3 Å². The van der Waals surface area contributed by atoms with Crippen LogP contribution in [0.4, 0.5) is 0 Å². The second-order valence-corrected chi connectivity index (χ2v) is 6.00. The van der Waals surface area contributed by atoms with Crippen molar-refractivity contribution in [2.45, 2.75) is 18.1 Å². The first-order chi connectivity index (χ1) is 7.86. The minimum atomic E-state index is -3.85. The fourth-order valence-corrected chi connectivity index (χ4v) is 3.39. The van der Waals surface area contributed by atoms with Gasteiger partial charge in [0.2, 0.25) is 0 Å². The standard InChI is InChI=1S/C8H12N2O5S2/c1-3-15-6(11)4-9-17(13,14)7-5(2)10-8(12)16-7/h9H,3-4H2,1-2H3,(H,10,12). The van der Waals surface area contributed by atoms with E-state index in [2.05, 4.69) is 14.4 Å². The van der Waals surface area contributed by atoms with Crippen molar-refractivity contribution >= 4 is 27.3 Å². The number of nitrogens with one attached hydrogen (secondary N) is 2. The van der Waals surface area contributed by atoms with E-state index in [4.69, 9.17) is 0 Å². The van der Waals surface area contributed by atoms with E-state index in [0.717, 1.165) is 0 Å². The highest BCUT2D eigenvalue weighted by molar-refractivity contribution is 7.91. The summed E-state index contributed by atoms with van der Waals surface area (Å²) in [5.41, 5.74) is 0.247. The summed E-state index contributed by atoms with van der Waals surface area (Å²) >= 11 is 0.573. The molecule has 0 aliphatic carbocycles. The van der Waals surface area contributed by atoms with Crippen LogP contribution in [0.3, 0.4) is 0 Å². The highest BCUT2D eigenvalue weighted by Crippen LogP contribution is 2.14. The van der Waals surface area contributed by atoms with Crippen molar-refractivity contribution in [3.8, 4) is 0 Å². The molecule has 1 aromatic heterocycles. The summed E-state index contributed by atoms with van der Waals surface area (Å²) in [5, 5.41) is 0. The molecule has 96 valence electrons. The normalized spacial score (nSPS) is 11.4. The Morgan fingerprint density at radius 2 is 2.18 bits per heavy atom. The Balaban J connectivity index is 2.80. The summed E-state index contributed by atoms with van der Waals surface area (Å²) in [4.78, 5) is 23.9. The van der Waals surface area contributed by atoms with Crippen LogP contribution >= 0.6 is 11.3 Å². The fraction of sp³-hybridized carbons (Fsp3) is 0.500. The molecule has 0 unspecified atom stereocenters. The molecular weight excluding hydrogens is 268 g/mol. The van der Waals surface area contributed by atoms with Crippen LogP contribution in [0.25, 0.3) is 0 Å². The van der Waals surface area contributed by atoms with E-state index < -0.39 is 27.4 Å². The molecule has 1 heterocycles. The monoisotopic (exact) mass is 280 g/mol. The van der Waals surface area contributed by atoms with Crippen molar-refractivity contribution in [2.24, 2.45) is 0 Å². The van der Waals surface area contributed by atoms with Gasteiger partial charge in [0.25, 0.3) is 10.0 Å². The van der Waals surface area contributed by atoms with Crippen LogP contribution in [-0.2, 0) is 19.6 Å². The second-order valence-electron chi connectivity index (χ2n) is 3.06. The van der Waals surface area contributed by atoms with Gasteiger partial charge in [-0.15, -0.1) is 0 Å². The molecule has 0 fully saturated rings. The number of esters is 1. The number of hydrogen-bond acceptors (Lipinski definition) is 6. The smallest absolute Gasteiger partial charge is 0.321 e. The Bertz CT molecular complexity index is 557. The number of aromatic nitrogens is 1. The molecule has 0 aromatic carbocycles. The third kappa shape index (κ3) is 3.65. The molecule has 0 amide bonds. The number of carbonyl (C=O) groups excluding carboxylic acids is 1. The van der Waals surface area contributed by atoms with Crippen LogP contribution in [0.1, 0.15) is 12.6 Å². The highest BCUT2D eigenvalue weighted by atomic mass is 32.2. The molecule has 0 aliphatic heterocycles. The maximum atomic E-state index is 11.7. The van der Waals surface area contributed by atoms with E-state index in [1.54, 1.807) is 6.92 Å². The minimum absolute atomic E-state index is 0.119. The third-order valence-corrected chi connectivity index (χ3v) is 4.74. The molecule has 9 heteroatoms. The van der Waals surface area contributed by atoms with Gasteiger partial charge in [-0.25, -0.2) is 8.42 Å². The molecule has 0 spiro atoms.